The van der Waals surface area contributed by atoms with Gasteiger partial charge in [0.15, 0.2) is 17.3 Å². The molecule has 3 nitrogen and oxygen atoms in total. The van der Waals surface area contributed by atoms with Crippen molar-refractivity contribution in [1.29, 1.82) is 0 Å². The first-order chi connectivity index (χ1) is 9.82. The quantitative estimate of drug-likeness (QED) is 0.830. The minimum Gasteiger partial charge on any atom is -0.504 e. The molecule has 0 unspecified atom stereocenters. The average Bonchev–Trinajstić information content (AvgIpc) is 2.40. The molecule has 0 aromatic heterocycles. The number of hydrogen-bond donors (Lipinski definition) is 1. The molecule has 114 valence electrons. The first kappa shape index (κ1) is 15.6. The van der Waals surface area contributed by atoms with Gasteiger partial charge in [0, 0.05) is 5.92 Å². The van der Waals surface area contributed by atoms with Gasteiger partial charge < -0.3 is 9.84 Å². The lowest BCUT2D eigenvalue weighted by Gasteiger charge is -2.33. The Kier molecular flexibility index (Phi) is 4.40. The predicted octanol–water partition coefficient (Wildman–Crippen LogP) is 4.20. The second kappa shape index (κ2) is 5.92. The van der Waals surface area contributed by atoms with Gasteiger partial charge in [-0.05, 0) is 54.0 Å². The summed E-state index contributed by atoms with van der Waals surface area (Å²) in [6, 6.07) is 5.22. The van der Waals surface area contributed by atoms with E-state index in [0.29, 0.717) is 5.75 Å². The molecule has 1 N–H and O–H groups in total. The molecule has 1 aliphatic carbocycles. The molecule has 0 bridgehead atoms. The van der Waals surface area contributed by atoms with Crippen molar-refractivity contribution in [3.8, 4) is 11.5 Å². The summed E-state index contributed by atoms with van der Waals surface area (Å²) in [5.41, 5.74) is 1.70. The summed E-state index contributed by atoms with van der Waals surface area (Å²) in [7, 11) is 1.52. The van der Waals surface area contributed by atoms with Crippen LogP contribution < -0.4 is 4.74 Å². The van der Waals surface area contributed by atoms with Crippen LogP contribution in [0.15, 0.2) is 23.8 Å². The van der Waals surface area contributed by atoms with Crippen molar-refractivity contribution in [2.45, 2.75) is 40.0 Å². The molecule has 21 heavy (non-hydrogen) atoms. The number of rotatable bonds is 2. The van der Waals surface area contributed by atoms with Gasteiger partial charge in [-0.3, -0.25) is 4.79 Å². The fraction of sp³-hybridized carbons (Fsp3) is 0.500. The van der Waals surface area contributed by atoms with E-state index in [4.69, 9.17) is 4.74 Å². The van der Waals surface area contributed by atoms with Crippen LogP contribution in [0.2, 0.25) is 0 Å². The third-order valence-corrected chi connectivity index (χ3v) is 4.16. The number of methoxy groups -OCH3 is 1. The summed E-state index contributed by atoms with van der Waals surface area (Å²) in [5, 5.41) is 9.83. The van der Waals surface area contributed by atoms with Gasteiger partial charge in [0.1, 0.15) is 0 Å². The van der Waals surface area contributed by atoms with E-state index >= 15 is 0 Å². The zero-order chi connectivity index (χ0) is 15.6. The minimum absolute atomic E-state index is 0.00135. The van der Waals surface area contributed by atoms with Crippen molar-refractivity contribution in [3.05, 3.63) is 29.3 Å². The highest BCUT2D eigenvalue weighted by Crippen LogP contribution is 2.38. The molecule has 0 heterocycles. The first-order valence-corrected chi connectivity index (χ1v) is 7.44. The Labute approximate surface area is 126 Å². The van der Waals surface area contributed by atoms with E-state index in [1.54, 1.807) is 12.1 Å². The van der Waals surface area contributed by atoms with E-state index in [9.17, 15) is 9.90 Å². The fourth-order valence-electron chi connectivity index (χ4n) is 2.94. The highest BCUT2D eigenvalue weighted by molar-refractivity contribution is 6.02. The van der Waals surface area contributed by atoms with E-state index < -0.39 is 0 Å². The average molecular weight is 288 g/mol. The third kappa shape index (κ3) is 3.46. The molecular formula is C18H24O3. The van der Waals surface area contributed by atoms with Gasteiger partial charge in [-0.15, -0.1) is 0 Å². The van der Waals surface area contributed by atoms with Crippen LogP contribution >= 0.6 is 0 Å². The van der Waals surface area contributed by atoms with Gasteiger partial charge >= 0.3 is 0 Å². The van der Waals surface area contributed by atoms with Crippen LogP contribution in [-0.4, -0.2) is 18.0 Å². The first-order valence-electron chi connectivity index (χ1n) is 7.44. The second-order valence-electron chi connectivity index (χ2n) is 6.78. The highest BCUT2D eigenvalue weighted by Gasteiger charge is 2.35. The summed E-state index contributed by atoms with van der Waals surface area (Å²) < 4.78 is 5.04. The largest absolute Gasteiger partial charge is 0.504 e. The highest BCUT2D eigenvalue weighted by atomic mass is 16.5. The van der Waals surface area contributed by atoms with Gasteiger partial charge in [0.2, 0.25) is 0 Å². The number of benzene rings is 1. The SMILES string of the molecule is COc1ccc(/C=C2\CCC[C@@H](C(C)(C)C)C2=O)cc1O. The number of aromatic hydroxyl groups is 1. The summed E-state index contributed by atoms with van der Waals surface area (Å²) in [5.74, 6) is 0.885. The third-order valence-electron chi connectivity index (χ3n) is 4.16. The molecule has 3 heteroatoms. The van der Waals surface area contributed by atoms with Crippen LogP contribution in [-0.2, 0) is 4.79 Å². The second-order valence-corrected chi connectivity index (χ2v) is 6.78. The lowest BCUT2D eigenvalue weighted by Crippen LogP contribution is -2.32. The minimum atomic E-state index is -0.00135. The lowest BCUT2D eigenvalue weighted by molar-refractivity contribution is -0.123. The van der Waals surface area contributed by atoms with Gasteiger partial charge in [-0.2, -0.15) is 0 Å². The Balaban J connectivity index is 2.28. The van der Waals surface area contributed by atoms with E-state index in [0.717, 1.165) is 30.4 Å². The summed E-state index contributed by atoms with van der Waals surface area (Å²) in [6.45, 7) is 6.37. The van der Waals surface area contributed by atoms with Crippen LogP contribution in [0.3, 0.4) is 0 Å². The van der Waals surface area contributed by atoms with Gasteiger partial charge in [-0.25, -0.2) is 0 Å². The molecule has 0 amide bonds. The van der Waals surface area contributed by atoms with Crippen molar-refractivity contribution in [2.75, 3.05) is 7.11 Å². The van der Waals surface area contributed by atoms with Gasteiger partial charge in [-0.1, -0.05) is 26.8 Å². The van der Waals surface area contributed by atoms with Crippen LogP contribution in [0.25, 0.3) is 6.08 Å². The number of allylic oxidation sites excluding steroid dienone is 1. The molecule has 1 atom stereocenters. The molecule has 0 saturated heterocycles. The van der Waals surface area contributed by atoms with E-state index in [1.165, 1.54) is 7.11 Å². The molecule has 2 rings (SSSR count). The number of ether oxygens (including phenoxy) is 1. The molecule has 1 aromatic carbocycles. The van der Waals surface area contributed by atoms with Gasteiger partial charge in [0.05, 0.1) is 7.11 Å². The van der Waals surface area contributed by atoms with Crippen LogP contribution in [0.1, 0.15) is 45.6 Å². The molecule has 0 spiro atoms. The van der Waals surface area contributed by atoms with Crippen molar-refractivity contribution in [3.63, 3.8) is 0 Å². The molecule has 1 fully saturated rings. The van der Waals surface area contributed by atoms with Crippen molar-refractivity contribution in [1.82, 2.24) is 0 Å². The zero-order valence-corrected chi connectivity index (χ0v) is 13.3. The summed E-state index contributed by atoms with van der Waals surface area (Å²) >= 11 is 0. The van der Waals surface area contributed by atoms with Gasteiger partial charge in [0.25, 0.3) is 0 Å². The number of carbonyl (C=O) groups is 1. The molecule has 1 saturated carbocycles. The summed E-state index contributed by atoms with van der Waals surface area (Å²) in [6.07, 6.45) is 4.73. The van der Waals surface area contributed by atoms with Crippen molar-refractivity contribution < 1.29 is 14.6 Å². The standard InChI is InChI=1S/C18H24O3/c1-18(2,3)14-7-5-6-13(17(14)20)10-12-8-9-16(21-4)15(19)11-12/h8-11,14,19H,5-7H2,1-4H3/b13-10+/t14-/m1/s1. The molecule has 0 aliphatic heterocycles. The molecule has 1 aromatic rings. The zero-order valence-electron chi connectivity index (χ0n) is 13.3. The Bertz CT molecular complexity index is 564. The van der Waals surface area contributed by atoms with Crippen LogP contribution in [0.4, 0.5) is 0 Å². The normalized spacial score (nSPS) is 21.6. The predicted molar refractivity (Wildman–Crippen MR) is 84.4 cm³/mol. The lowest BCUT2D eigenvalue weighted by atomic mass is 9.70. The van der Waals surface area contributed by atoms with Crippen LogP contribution in [0, 0.1) is 11.3 Å². The Morgan fingerprint density at radius 1 is 1.33 bits per heavy atom. The van der Waals surface area contributed by atoms with Crippen molar-refractivity contribution >= 4 is 11.9 Å². The monoisotopic (exact) mass is 288 g/mol. The number of carbonyl (C=O) groups excluding carboxylic acids is 1. The number of ketones is 1. The number of hydrogen-bond acceptors (Lipinski definition) is 3. The number of Topliss-reactive ketones (excluding diaryl/α,β-unsaturated/α-hetero) is 1. The Morgan fingerprint density at radius 3 is 2.62 bits per heavy atom. The van der Waals surface area contributed by atoms with Crippen LogP contribution in [0.5, 0.6) is 11.5 Å². The smallest absolute Gasteiger partial charge is 0.162 e. The molecule has 0 radical (unpaired) electrons. The maximum atomic E-state index is 12.6. The topological polar surface area (TPSA) is 46.5 Å². The van der Waals surface area contributed by atoms with E-state index in [-0.39, 0.29) is 22.9 Å². The molecule has 1 aliphatic rings. The Hall–Kier alpha value is -1.77. The van der Waals surface area contributed by atoms with E-state index in [2.05, 4.69) is 20.8 Å². The van der Waals surface area contributed by atoms with Crippen molar-refractivity contribution in [2.24, 2.45) is 11.3 Å². The van der Waals surface area contributed by atoms with E-state index in [1.807, 2.05) is 12.1 Å². The maximum absolute atomic E-state index is 12.6. The fourth-order valence-corrected chi connectivity index (χ4v) is 2.94. The number of phenols is 1. The maximum Gasteiger partial charge on any atom is 0.162 e. The number of phenolic OH excluding ortho intramolecular Hbond substituents is 1. The Morgan fingerprint density at radius 2 is 2.05 bits per heavy atom. The summed E-state index contributed by atoms with van der Waals surface area (Å²) in [4.78, 5) is 12.6. The molecular weight excluding hydrogens is 264 g/mol.